The summed E-state index contributed by atoms with van der Waals surface area (Å²) in [5, 5.41) is 15.5. The lowest BCUT2D eigenvalue weighted by Crippen LogP contribution is -1.93. The molecule has 0 spiro atoms. The van der Waals surface area contributed by atoms with Crippen molar-refractivity contribution in [1.82, 2.24) is 0 Å². The number of benzene rings is 10. The maximum absolute atomic E-state index is 2.41. The van der Waals surface area contributed by atoms with Crippen LogP contribution in [0.15, 0.2) is 164 Å². The Hall–Kier alpha value is -5.98. The molecule has 0 bridgehead atoms. The Balaban J connectivity index is 1.34. The van der Waals surface area contributed by atoms with E-state index in [0.717, 1.165) is 0 Å². The van der Waals surface area contributed by atoms with Crippen LogP contribution in [0.3, 0.4) is 0 Å². The van der Waals surface area contributed by atoms with Crippen molar-refractivity contribution >= 4 is 64.6 Å². The molecule has 47 heavy (non-hydrogen) atoms. The average Bonchev–Trinajstić information content (AvgIpc) is 3.13. The van der Waals surface area contributed by atoms with Crippen LogP contribution >= 0.6 is 0 Å². The van der Waals surface area contributed by atoms with Crippen LogP contribution in [0.1, 0.15) is 5.56 Å². The molecule has 0 heterocycles. The quantitative estimate of drug-likeness (QED) is 0.141. The third-order valence-corrected chi connectivity index (χ3v) is 10.2. The van der Waals surface area contributed by atoms with Crippen LogP contribution < -0.4 is 0 Å². The third kappa shape index (κ3) is 3.89. The number of hydrogen-bond acceptors (Lipinski definition) is 0. The maximum Gasteiger partial charge on any atom is -0.00199 e. The number of aryl methyl sites for hydroxylation is 1. The minimum absolute atomic E-state index is 1.24. The van der Waals surface area contributed by atoms with Gasteiger partial charge in [0, 0.05) is 0 Å². The molecule has 0 radical (unpaired) electrons. The minimum Gasteiger partial charge on any atom is -0.0616 e. The van der Waals surface area contributed by atoms with Gasteiger partial charge in [-0.3, -0.25) is 0 Å². The predicted molar refractivity (Wildman–Crippen MR) is 204 cm³/mol. The molecule has 10 aromatic rings. The second-order valence-electron chi connectivity index (χ2n) is 12.9. The van der Waals surface area contributed by atoms with Crippen LogP contribution in [-0.2, 0) is 0 Å². The number of rotatable bonds is 3. The monoisotopic (exact) mass is 594 g/mol. The normalized spacial score (nSPS) is 11.9. The summed E-state index contributed by atoms with van der Waals surface area (Å²) in [6.45, 7) is 2.15. The topological polar surface area (TPSA) is 0 Å². The third-order valence-electron chi connectivity index (χ3n) is 10.2. The zero-order chi connectivity index (χ0) is 31.1. The molecule has 0 fully saturated rings. The first kappa shape index (κ1) is 26.3. The van der Waals surface area contributed by atoms with E-state index in [0.29, 0.717) is 0 Å². The van der Waals surface area contributed by atoms with Crippen molar-refractivity contribution in [3.05, 3.63) is 169 Å². The molecule has 0 saturated heterocycles. The minimum atomic E-state index is 1.24. The van der Waals surface area contributed by atoms with Gasteiger partial charge in [0.2, 0.25) is 0 Å². The van der Waals surface area contributed by atoms with Crippen molar-refractivity contribution in [3.63, 3.8) is 0 Å². The maximum atomic E-state index is 2.41. The molecular weight excluding hydrogens is 565 g/mol. The lowest BCUT2D eigenvalue weighted by Gasteiger charge is -2.21. The van der Waals surface area contributed by atoms with Crippen molar-refractivity contribution in [2.45, 2.75) is 6.92 Å². The summed E-state index contributed by atoms with van der Waals surface area (Å²) in [5.74, 6) is 0. The molecule has 0 aromatic heterocycles. The molecule has 0 heteroatoms. The molecule has 0 N–H and O–H groups in total. The molecule has 0 saturated carbocycles. The first-order valence-electron chi connectivity index (χ1n) is 16.4. The van der Waals surface area contributed by atoms with Gasteiger partial charge < -0.3 is 0 Å². The van der Waals surface area contributed by atoms with E-state index in [2.05, 4.69) is 171 Å². The van der Waals surface area contributed by atoms with Crippen LogP contribution in [0, 0.1) is 6.92 Å². The van der Waals surface area contributed by atoms with E-state index in [4.69, 9.17) is 0 Å². The molecule has 0 unspecified atom stereocenters. The van der Waals surface area contributed by atoms with Gasteiger partial charge in [-0.15, -0.1) is 0 Å². The molecule has 0 atom stereocenters. The van der Waals surface area contributed by atoms with E-state index in [1.54, 1.807) is 0 Å². The highest BCUT2D eigenvalue weighted by atomic mass is 14.2. The van der Waals surface area contributed by atoms with Gasteiger partial charge in [-0.1, -0.05) is 157 Å². The van der Waals surface area contributed by atoms with Gasteiger partial charge in [-0.2, -0.15) is 0 Å². The smallest absolute Gasteiger partial charge is 0.00199 e. The number of hydrogen-bond donors (Lipinski definition) is 0. The van der Waals surface area contributed by atoms with Crippen molar-refractivity contribution in [1.29, 1.82) is 0 Å². The van der Waals surface area contributed by atoms with Gasteiger partial charge >= 0.3 is 0 Å². The Morgan fingerprint density at radius 3 is 1.47 bits per heavy atom. The molecule has 10 rings (SSSR count). The summed E-state index contributed by atoms with van der Waals surface area (Å²) in [7, 11) is 0. The molecule has 0 aliphatic rings. The van der Waals surface area contributed by atoms with E-state index in [1.807, 2.05) is 0 Å². The fourth-order valence-corrected chi connectivity index (χ4v) is 8.09. The SMILES string of the molecule is Cc1ccc(-c2cc(-c3c4ccccc4c(-c4ccc5ccc6cccc7ccc4c5c67)c4ccccc34)c3ccccc3c2)cc1. The molecule has 0 amide bonds. The molecule has 10 aromatic carbocycles. The second-order valence-corrected chi connectivity index (χ2v) is 12.9. The molecule has 0 nitrogen and oxygen atoms in total. The van der Waals surface area contributed by atoms with E-state index in [-0.39, 0.29) is 0 Å². The molecule has 218 valence electrons. The van der Waals surface area contributed by atoms with E-state index in [9.17, 15) is 0 Å². The molecule has 0 aliphatic carbocycles. The molecule has 0 aliphatic heterocycles. The largest absolute Gasteiger partial charge is 0.0616 e. The van der Waals surface area contributed by atoms with E-state index in [1.165, 1.54) is 104 Å². The lowest BCUT2D eigenvalue weighted by molar-refractivity contribution is 1.47. The Morgan fingerprint density at radius 2 is 0.809 bits per heavy atom. The van der Waals surface area contributed by atoms with Gasteiger partial charge in [0.05, 0.1) is 0 Å². The van der Waals surface area contributed by atoms with Gasteiger partial charge in [-0.25, -0.2) is 0 Å². The van der Waals surface area contributed by atoms with Crippen molar-refractivity contribution in [2.75, 3.05) is 0 Å². The number of fused-ring (bicyclic) bond motifs is 3. The first-order chi connectivity index (χ1) is 23.2. The Bertz CT molecular complexity index is 2760. The fourth-order valence-electron chi connectivity index (χ4n) is 8.09. The van der Waals surface area contributed by atoms with Crippen LogP contribution in [0.5, 0.6) is 0 Å². The molecular formula is C47H30. The zero-order valence-corrected chi connectivity index (χ0v) is 26.1. The Labute approximate surface area is 273 Å². The Morgan fingerprint density at radius 1 is 0.298 bits per heavy atom. The zero-order valence-electron chi connectivity index (χ0n) is 26.1. The van der Waals surface area contributed by atoms with Crippen LogP contribution in [-0.4, -0.2) is 0 Å². The van der Waals surface area contributed by atoms with Crippen LogP contribution in [0.4, 0.5) is 0 Å². The highest BCUT2D eigenvalue weighted by molar-refractivity contribution is 6.30. The van der Waals surface area contributed by atoms with Crippen LogP contribution in [0.2, 0.25) is 0 Å². The summed E-state index contributed by atoms with van der Waals surface area (Å²) >= 11 is 0. The predicted octanol–water partition coefficient (Wildman–Crippen LogP) is 13.4. The summed E-state index contributed by atoms with van der Waals surface area (Å²) in [6, 6.07) is 61.1. The standard InChI is InChI=1S/C47H30/c1-29-17-19-30(20-18-29)35-27-34-9-2-3-12-36(34)43(28-35)47-39-15-6-4-13-37(39)46(38-14-5-7-16-40(38)47)42-26-24-33-22-21-31-10-8-11-32-23-25-41(42)45(33)44(31)32/h2-28H,1H3. The van der Waals surface area contributed by atoms with Crippen LogP contribution in [0.25, 0.3) is 98.0 Å². The Kier molecular flexibility index (Phi) is 5.59. The second kappa shape index (κ2) is 10.0. The van der Waals surface area contributed by atoms with Crippen molar-refractivity contribution in [2.24, 2.45) is 0 Å². The van der Waals surface area contributed by atoms with E-state index < -0.39 is 0 Å². The first-order valence-corrected chi connectivity index (χ1v) is 16.4. The summed E-state index contributed by atoms with van der Waals surface area (Å²) in [4.78, 5) is 0. The van der Waals surface area contributed by atoms with Crippen molar-refractivity contribution < 1.29 is 0 Å². The van der Waals surface area contributed by atoms with Crippen molar-refractivity contribution in [3.8, 4) is 33.4 Å². The highest BCUT2D eigenvalue weighted by Gasteiger charge is 2.21. The van der Waals surface area contributed by atoms with E-state index >= 15 is 0 Å². The fraction of sp³-hybridized carbons (Fsp3) is 0.0213. The van der Waals surface area contributed by atoms with Gasteiger partial charge in [0.25, 0.3) is 0 Å². The lowest BCUT2D eigenvalue weighted by atomic mass is 9.82. The highest BCUT2D eigenvalue weighted by Crippen LogP contribution is 2.48. The summed E-state index contributed by atoms with van der Waals surface area (Å²) < 4.78 is 0. The summed E-state index contributed by atoms with van der Waals surface area (Å²) in [5.41, 5.74) is 8.90. The van der Waals surface area contributed by atoms with Gasteiger partial charge in [-0.05, 0) is 117 Å². The van der Waals surface area contributed by atoms with Gasteiger partial charge in [0.1, 0.15) is 0 Å². The van der Waals surface area contributed by atoms with Gasteiger partial charge in [0.15, 0.2) is 0 Å². The average molecular weight is 595 g/mol. The summed E-state index contributed by atoms with van der Waals surface area (Å²) in [6.07, 6.45) is 0.